The zero-order valence-electron chi connectivity index (χ0n) is 9.25. The summed E-state index contributed by atoms with van der Waals surface area (Å²) in [6.07, 6.45) is 0. The van der Waals surface area contributed by atoms with Crippen LogP contribution in [0.4, 0.5) is 0 Å². The van der Waals surface area contributed by atoms with Gasteiger partial charge in [0.15, 0.2) is 0 Å². The molecule has 0 spiro atoms. The largest absolute Gasteiger partial charge is 0.492 e. The molecule has 1 rings (SSSR count). The number of hydrogen-bond acceptors (Lipinski definition) is 5. The summed E-state index contributed by atoms with van der Waals surface area (Å²) in [4.78, 5) is 16.3. The van der Waals surface area contributed by atoms with Gasteiger partial charge in [-0.25, -0.2) is 0 Å². The number of benzene rings is 1. The van der Waals surface area contributed by atoms with Crippen molar-refractivity contribution in [2.24, 2.45) is 0 Å². The Balaban J connectivity index is 2.42. The molecule has 0 atom stereocenters. The fourth-order valence-electron chi connectivity index (χ4n) is 1.03. The van der Waals surface area contributed by atoms with Crippen LogP contribution in [0.25, 0.3) is 0 Å². The first-order valence-corrected chi connectivity index (χ1v) is 4.78. The predicted molar refractivity (Wildman–Crippen MR) is 58.1 cm³/mol. The van der Waals surface area contributed by atoms with Crippen LogP contribution in [0, 0.1) is 10.1 Å². The van der Waals surface area contributed by atoms with E-state index in [1.165, 1.54) is 12.1 Å². The Hall–Kier alpha value is -1.82. The van der Waals surface area contributed by atoms with Crippen molar-refractivity contribution in [1.82, 2.24) is 4.90 Å². The van der Waals surface area contributed by atoms with Gasteiger partial charge in [-0.05, 0) is 38.4 Å². The Morgan fingerprint density at radius 1 is 1.25 bits per heavy atom. The van der Waals surface area contributed by atoms with E-state index < -0.39 is 5.09 Å². The van der Waals surface area contributed by atoms with E-state index in [9.17, 15) is 10.1 Å². The van der Waals surface area contributed by atoms with Crippen molar-refractivity contribution in [3.05, 3.63) is 34.4 Å². The number of nitrogens with zero attached hydrogens (tertiary/aromatic N) is 2. The molecular weight excluding hydrogens is 212 g/mol. The fourth-order valence-corrected chi connectivity index (χ4v) is 1.03. The maximum Gasteiger partial charge on any atom is 0.299 e. The first-order chi connectivity index (χ1) is 7.58. The second-order valence-corrected chi connectivity index (χ2v) is 3.44. The Bertz CT molecular complexity index is 337. The van der Waals surface area contributed by atoms with Crippen LogP contribution in [0.15, 0.2) is 24.3 Å². The van der Waals surface area contributed by atoms with Crippen molar-refractivity contribution in [3.8, 4) is 11.5 Å². The zero-order chi connectivity index (χ0) is 12.0. The lowest BCUT2D eigenvalue weighted by Gasteiger charge is -2.10. The van der Waals surface area contributed by atoms with E-state index in [0.29, 0.717) is 12.4 Å². The highest BCUT2D eigenvalue weighted by atomic mass is 17.0. The van der Waals surface area contributed by atoms with E-state index in [2.05, 4.69) is 4.84 Å². The van der Waals surface area contributed by atoms with Crippen molar-refractivity contribution in [2.75, 3.05) is 27.2 Å². The van der Waals surface area contributed by atoms with Gasteiger partial charge in [0.1, 0.15) is 18.1 Å². The van der Waals surface area contributed by atoms with E-state index in [1.807, 2.05) is 19.0 Å². The van der Waals surface area contributed by atoms with Crippen LogP contribution in [0.3, 0.4) is 0 Å². The quantitative estimate of drug-likeness (QED) is 0.538. The maximum atomic E-state index is 10.0. The molecule has 88 valence electrons. The zero-order valence-corrected chi connectivity index (χ0v) is 9.25. The Kier molecular flexibility index (Phi) is 4.53. The van der Waals surface area contributed by atoms with E-state index in [1.54, 1.807) is 12.1 Å². The first kappa shape index (κ1) is 12.3. The molecule has 0 unspecified atom stereocenters. The van der Waals surface area contributed by atoms with Crippen LogP contribution in [0.1, 0.15) is 0 Å². The van der Waals surface area contributed by atoms with Gasteiger partial charge in [0.25, 0.3) is 5.09 Å². The second-order valence-electron chi connectivity index (χ2n) is 3.44. The minimum atomic E-state index is -0.845. The van der Waals surface area contributed by atoms with Crippen molar-refractivity contribution < 1.29 is 14.7 Å². The molecule has 0 saturated carbocycles. The highest BCUT2D eigenvalue weighted by Crippen LogP contribution is 2.17. The molecule has 0 bridgehead atoms. The molecule has 0 fully saturated rings. The van der Waals surface area contributed by atoms with Gasteiger partial charge in [0.05, 0.1) is 0 Å². The lowest BCUT2D eigenvalue weighted by Crippen LogP contribution is -2.19. The first-order valence-electron chi connectivity index (χ1n) is 4.78. The van der Waals surface area contributed by atoms with Crippen LogP contribution in [0.5, 0.6) is 11.5 Å². The van der Waals surface area contributed by atoms with Crippen LogP contribution in [-0.2, 0) is 0 Å². The summed E-state index contributed by atoms with van der Waals surface area (Å²) in [5.41, 5.74) is 0. The van der Waals surface area contributed by atoms with Gasteiger partial charge in [0, 0.05) is 6.54 Å². The molecule has 0 aliphatic carbocycles. The predicted octanol–water partition coefficient (Wildman–Crippen LogP) is 1.20. The average molecular weight is 226 g/mol. The van der Waals surface area contributed by atoms with Crippen molar-refractivity contribution >= 4 is 0 Å². The summed E-state index contributed by atoms with van der Waals surface area (Å²) in [5, 5.41) is 9.20. The van der Waals surface area contributed by atoms with Crippen LogP contribution >= 0.6 is 0 Å². The molecule has 16 heavy (non-hydrogen) atoms. The van der Waals surface area contributed by atoms with Gasteiger partial charge >= 0.3 is 0 Å². The van der Waals surface area contributed by atoms with Gasteiger partial charge < -0.3 is 9.64 Å². The molecule has 6 nitrogen and oxygen atoms in total. The third kappa shape index (κ3) is 4.61. The Morgan fingerprint density at radius 2 is 1.81 bits per heavy atom. The van der Waals surface area contributed by atoms with Gasteiger partial charge in [-0.2, -0.15) is 0 Å². The number of hydrogen-bond donors (Lipinski definition) is 0. The highest BCUT2D eigenvalue weighted by molar-refractivity contribution is 5.30. The van der Waals surface area contributed by atoms with Crippen molar-refractivity contribution in [1.29, 1.82) is 0 Å². The lowest BCUT2D eigenvalue weighted by molar-refractivity contribution is -0.711. The van der Waals surface area contributed by atoms with E-state index in [4.69, 9.17) is 4.74 Å². The van der Waals surface area contributed by atoms with Gasteiger partial charge in [0.2, 0.25) is 0 Å². The number of rotatable bonds is 6. The highest BCUT2D eigenvalue weighted by Gasteiger charge is 2.00. The third-order valence-electron chi connectivity index (χ3n) is 1.81. The summed E-state index contributed by atoms with van der Waals surface area (Å²) >= 11 is 0. The molecule has 0 aliphatic rings. The average Bonchev–Trinajstić information content (AvgIpc) is 2.19. The Labute approximate surface area is 93.5 Å². The summed E-state index contributed by atoms with van der Waals surface area (Å²) in [6, 6.07) is 6.25. The molecular formula is C10H14N2O4. The van der Waals surface area contributed by atoms with Gasteiger partial charge in [-0.3, -0.25) is 4.84 Å². The molecule has 1 aromatic rings. The molecule has 0 radical (unpaired) electrons. The van der Waals surface area contributed by atoms with Crippen LogP contribution in [0.2, 0.25) is 0 Å². The smallest absolute Gasteiger partial charge is 0.299 e. The van der Waals surface area contributed by atoms with Crippen LogP contribution in [-0.4, -0.2) is 37.2 Å². The standard InChI is InChI=1S/C10H14N2O4/c1-11(2)7-8-15-9-3-5-10(6-4-9)16-12(13)14/h3-6H,7-8H2,1-2H3. The summed E-state index contributed by atoms with van der Waals surface area (Å²) < 4.78 is 5.41. The van der Waals surface area contributed by atoms with E-state index >= 15 is 0 Å². The molecule has 0 amide bonds. The molecule has 0 heterocycles. The minimum Gasteiger partial charge on any atom is -0.492 e. The topological polar surface area (TPSA) is 64.8 Å². The minimum absolute atomic E-state index is 0.185. The summed E-state index contributed by atoms with van der Waals surface area (Å²) in [5.74, 6) is 0.850. The summed E-state index contributed by atoms with van der Waals surface area (Å²) in [6.45, 7) is 1.38. The molecule has 0 aliphatic heterocycles. The number of ether oxygens (including phenoxy) is 1. The fraction of sp³-hybridized carbons (Fsp3) is 0.400. The molecule has 0 saturated heterocycles. The number of likely N-dealkylation sites (N-methyl/N-ethyl adjacent to an activating group) is 1. The lowest BCUT2D eigenvalue weighted by atomic mass is 10.3. The third-order valence-corrected chi connectivity index (χ3v) is 1.81. The van der Waals surface area contributed by atoms with Crippen LogP contribution < -0.4 is 9.57 Å². The second kappa shape index (κ2) is 5.92. The molecule has 0 aromatic heterocycles. The summed E-state index contributed by atoms with van der Waals surface area (Å²) in [7, 11) is 3.91. The molecule has 1 aromatic carbocycles. The van der Waals surface area contributed by atoms with E-state index in [0.717, 1.165) is 6.54 Å². The monoisotopic (exact) mass is 226 g/mol. The van der Waals surface area contributed by atoms with Gasteiger partial charge in [-0.15, -0.1) is 10.1 Å². The Morgan fingerprint density at radius 3 is 2.31 bits per heavy atom. The van der Waals surface area contributed by atoms with Crippen molar-refractivity contribution in [2.45, 2.75) is 0 Å². The van der Waals surface area contributed by atoms with Gasteiger partial charge in [-0.1, -0.05) is 0 Å². The SMILES string of the molecule is CN(C)CCOc1ccc(O[N+](=O)[O-])cc1. The van der Waals surface area contributed by atoms with E-state index in [-0.39, 0.29) is 5.75 Å². The maximum absolute atomic E-state index is 10.0. The molecule has 0 N–H and O–H groups in total. The van der Waals surface area contributed by atoms with Crippen molar-refractivity contribution in [3.63, 3.8) is 0 Å². The normalized spacial score (nSPS) is 10.2. The molecule has 6 heteroatoms.